The monoisotopic (exact) mass is 324 g/mol. The molecule has 6 nitrogen and oxygen atoms in total. The summed E-state index contributed by atoms with van der Waals surface area (Å²) in [6.07, 6.45) is 4.94. The van der Waals surface area contributed by atoms with Gasteiger partial charge >= 0.3 is 11.9 Å². The Morgan fingerprint density at radius 1 is 0.870 bits per heavy atom. The molecule has 1 fully saturated rings. The first-order valence-electron chi connectivity index (χ1n) is 8.21. The molecule has 0 spiro atoms. The van der Waals surface area contributed by atoms with Gasteiger partial charge in [0.15, 0.2) is 0 Å². The Hall–Kier alpha value is -1.40. The standard InChI is InChI=1S/C17H28N2O4/c1-18(2)7-9-22-16(20)14-12-5-6-13(11-12)15(14)17(21)23-10-8-19(3)4/h5-6,12-15H,7-11H2,1-4H3. The first-order valence-corrected chi connectivity index (χ1v) is 8.21. The first kappa shape index (κ1) is 17.9. The van der Waals surface area contributed by atoms with Crippen LogP contribution in [-0.4, -0.2) is 76.2 Å². The summed E-state index contributed by atoms with van der Waals surface area (Å²) in [6.45, 7) is 2.07. The van der Waals surface area contributed by atoms with E-state index in [0.717, 1.165) is 6.42 Å². The molecule has 0 N–H and O–H groups in total. The second-order valence-electron chi connectivity index (χ2n) is 6.94. The predicted molar refractivity (Wildman–Crippen MR) is 86.7 cm³/mol. The number of esters is 2. The normalized spacial score (nSPS) is 28.6. The molecule has 0 radical (unpaired) electrons. The van der Waals surface area contributed by atoms with Crippen LogP contribution in [0.5, 0.6) is 0 Å². The van der Waals surface area contributed by atoms with E-state index >= 15 is 0 Å². The summed E-state index contributed by atoms with van der Waals surface area (Å²) in [5.41, 5.74) is 0. The number of fused-ring (bicyclic) bond motifs is 2. The van der Waals surface area contributed by atoms with Gasteiger partial charge in [-0.05, 0) is 46.4 Å². The summed E-state index contributed by atoms with van der Waals surface area (Å²) in [4.78, 5) is 28.8. The molecule has 4 unspecified atom stereocenters. The van der Waals surface area contributed by atoms with Gasteiger partial charge in [-0.2, -0.15) is 0 Å². The molecule has 0 aliphatic heterocycles. The maximum atomic E-state index is 12.4. The van der Waals surface area contributed by atoms with Crippen molar-refractivity contribution in [1.29, 1.82) is 0 Å². The maximum absolute atomic E-state index is 12.4. The van der Waals surface area contributed by atoms with E-state index < -0.39 is 0 Å². The Bertz CT molecular complexity index is 422. The van der Waals surface area contributed by atoms with Crippen molar-refractivity contribution in [3.05, 3.63) is 12.2 Å². The number of hydrogen-bond acceptors (Lipinski definition) is 6. The molecule has 130 valence electrons. The fourth-order valence-electron chi connectivity index (χ4n) is 3.31. The number of hydrogen-bond donors (Lipinski definition) is 0. The molecule has 6 heteroatoms. The molecular weight excluding hydrogens is 296 g/mol. The van der Waals surface area contributed by atoms with Crippen molar-refractivity contribution in [2.75, 3.05) is 54.5 Å². The van der Waals surface area contributed by atoms with E-state index in [0.29, 0.717) is 26.3 Å². The van der Waals surface area contributed by atoms with E-state index in [9.17, 15) is 9.59 Å². The Labute approximate surface area is 138 Å². The minimum atomic E-state index is -0.390. The van der Waals surface area contributed by atoms with E-state index in [1.165, 1.54) is 0 Å². The third-order valence-corrected chi connectivity index (χ3v) is 4.57. The summed E-state index contributed by atoms with van der Waals surface area (Å²) < 4.78 is 10.8. The summed E-state index contributed by atoms with van der Waals surface area (Å²) in [5.74, 6) is -1.09. The number of ether oxygens (including phenoxy) is 2. The van der Waals surface area contributed by atoms with Gasteiger partial charge in [0, 0.05) is 13.1 Å². The third kappa shape index (κ3) is 4.54. The van der Waals surface area contributed by atoms with Crippen LogP contribution in [0.3, 0.4) is 0 Å². The molecule has 23 heavy (non-hydrogen) atoms. The number of carbonyl (C=O) groups is 2. The summed E-state index contributed by atoms with van der Waals surface area (Å²) in [5, 5.41) is 0. The minimum absolute atomic E-state index is 0.109. The van der Waals surface area contributed by atoms with Crippen LogP contribution >= 0.6 is 0 Å². The smallest absolute Gasteiger partial charge is 0.310 e. The van der Waals surface area contributed by atoms with Gasteiger partial charge in [-0.1, -0.05) is 12.2 Å². The number of allylic oxidation sites excluding steroid dienone is 2. The lowest BCUT2D eigenvalue weighted by atomic mass is 9.83. The summed E-state index contributed by atoms with van der Waals surface area (Å²) >= 11 is 0. The molecule has 4 atom stereocenters. The van der Waals surface area contributed by atoms with E-state index in [2.05, 4.69) is 0 Å². The number of rotatable bonds is 8. The van der Waals surface area contributed by atoms with Gasteiger partial charge in [0.05, 0.1) is 11.8 Å². The lowest BCUT2D eigenvalue weighted by molar-refractivity contribution is -0.161. The van der Waals surface area contributed by atoms with Crippen LogP contribution in [0.1, 0.15) is 6.42 Å². The molecule has 0 heterocycles. The van der Waals surface area contributed by atoms with Crippen molar-refractivity contribution in [2.24, 2.45) is 23.7 Å². The molecule has 1 saturated carbocycles. The largest absolute Gasteiger partial charge is 0.464 e. The Morgan fingerprint density at radius 3 is 1.61 bits per heavy atom. The van der Waals surface area contributed by atoms with Gasteiger partial charge < -0.3 is 19.3 Å². The third-order valence-electron chi connectivity index (χ3n) is 4.57. The lowest BCUT2D eigenvalue weighted by Crippen LogP contribution is -2.37. The molecule has 0 amide bonds. The van der Waals surface area contributed by atoms with Gasteiger partial charge in [0.25, 0.3) is 0 Å². The zero-order valence-corrected chi connectivity index (χ0v) is 14.5. The van der Waals surface area contributed by atoms with Crippen molar-refractivity contribution in [3.63, 3.8) is 0 Å². The molecule has 0 saturated heterocycles. The highest BCUT2D eigenvalue weighted by atomic mass is 16.5. The predicted octanol–water partition coefficient (Wildman–Crippen LogP) is 0.634. The van der Waals surface area contributed by atoms with E-state index in [4.69, 9.17) is 9.47 Å². The van der Waals surface area contributed by atoms with Crippen molar-refractivity contribution in [2.45, 2.75) is 6.42 Å². The number of carbonyl (C=O) groups excluding carboxylic acids is 2. The maximum Gasteiger partial charge on any atom is 0.310 e. The second-order valence-corrected chi connectivity index (χ2v) is 6.94. The molecular formula is C17H28N2O4. The van der Waals surface area contributed by atoms with Crippen LogP contribution in [-0.2, 0) is 19.1 Å². The van der Waals surface area contributed by atoms with Crippen molar-refractivity contribution in [3.8, 4) is 0 Å². The van der Waals surface area contributed by atoms with E-state index in [-0.39, 0.29) is 35.6 Å². The zero-order valence-electron chi connectivity index (χ0n) is 14.5. The van der Waals surface area contributed by atoms with Crippen LogP contribution in [0.2, 0.25) is 0 Å². The average Bonchev–Trinajstić information content (AvgIpc) is 3.06. The summed E-state index contributed by atoms with van der Waals surface area (Å²) in [6, 6.07) is 0. The van der Waals surface area contributed by atoms with Crippen LogP contribution in [0.15, 0.2) is 12.2 Å². The second kappa shape index (κ2) is 7.93. The molecule has 0 aromatic rings. The molecule has 2 rings (SSSR count). The van der Waals surface area contributed by atoms with Gasteiger partial charge in [0.2, 0.25) is 0 Å². The fraction of sp³-hybridized carbons (Fsp3) is 0.765. The first-order chi connectivity index (χ1) is 10.9. The van der Waals surface area contributed by atoms with Crippen molar-refractivity contribution >= 4 is 11.9 Å². The van der Waals surface area contributed by atoms with E-state index in [1.54, 1.807) is 0 Å². The summed E-state index contributed by atoms with van der Waals surface area (Å²) in [7, 11) is 7.72. The highest BCUT2D eigenvalue weighted by Crippen LogP contribution is 2.48. The Morgan fingerprint density at radius 2 is 1.26 bits per heavy atom. The molecule has 0 aromatic carbocycles. The topological polar surface area (TPSA) is 59.1 Å². The highest BCUT2D eigenvalue weighted by molar-refractivity contribution is 5.84. The van der Waals surface area contributed by atoms with E-state index in [1.807, 2.05) is 50.1 Å². The highest BCUT2D eigenvalue weighted by Gasteiger charge is 2.53. The van der Waals surface area contributed by atoms with Crippen molar-refractivity contribution < 1.29 is 19.1 Å². The molecule has 0 aromatic heterocycles. The van der Waals surface area contributed by atoms with Crippen LogP contribution in [0, 0.1) is 23.7 Å². The molecule has 2 bridgehead atoms. The van der Waals surface area contributed by atoms with Gasteiger partial charge in [-0.15, -0.1) is 0 Å². The van der Waals surface area contributed by atoms with Crippen LogP contribution < -0.4 is 0 Å². The lowest BCUT2D eigenvalue weighted by Gasteiger charge is -2.25. The fourth-order valence-corrected chi connectivity index (χ4v) is 3.31. The SMILES string of the molecule is CN(C)CCOC(=O)C1C2C=CC(C2)C1C(=O)OCCN(C)C. The number of likely N-dealkylation sites (N-methyl/N-ethyl adjacent to an activating group) is 2. The Kier molecular flexibility index (Phi) is 6.18. The Balaban J connectivity index is 1.92. The quantitative estimate of drug-likeness (QED) is 0.482. The molecule has 2 aliphatic rings. The minimum Gasteiger partial charge on any atom is -0.464 e. The zero-order chi connectivity index (χ0) is 17.0. The van der Waals surface area contributed by atoms with Gasteiger partial charge in [-0.3, -0.25) is 9.59 Å². The van der Waals surface area contributed by atoms with Gasteiger partial charge in [-0.25, -0.2) is 0 Å². The molecule has 2 aliphatic carbocycles. The number of nitrogens with zero attached hydrogens (tertiary/aromatic N) is 2. The van der Waals surface area contributed by atoms with Crippen LogP contribution in [0.4, 0.5) is 0 Å². The van der Waals surface area contributed by atoms with Gasteiger partial charge in [0.1, 0.15) is 13.2 Å². The van der Waals surface area contributed by atoms with Crippen molar-refractivity contribution in [1.82, 2.24) is 9.80 Å². The van der Waals surface area contributed by atoms with Crippen LogP contribution in [0.25, 0.3) is 0 Å². The average molecular weight is 324 g/mol.